The molecule has 8 heteroatoms. The summed E-state index contributed by atoms with van der Waals surface area (Å²) < 4.78 is 61.7. The Morgan fingerprint density at radius 2 is 1.82 bits per heavy atom. The second kappa shape index (κ2) is 4.27. The van der Waals surface area contributed by atoms with Crippen LogP contribution in [0.25, 0.3) is 0 Å². The van der Waals surface area contributed by atoms with Crippen molar-refractivity contribution in [2.45, 2.75) is 18.5 Å². The maximum atomic E-state index is 12.7. The first-order valence-electron chi connectivity index (χ1n) is 4.26. The van der Waals surface area contributed by atoms with Gasteiger partial charge in [0.25, 0.3) is 0 Å². The third kappa shape index (κ3) is 3.36. The molecule has 0 fully saturated rings. The Morgan fingerprint density at radius 1 is 1.24 bits per heavy atom. The molecule has 1 aromatic heterocycles. The van der Waals surface area contributed by atoms with Gasteiger partial charge in [-0.1, -0.05) is 0 Å². The third-order valence-electron chi connectivity index (χ3n) is 1.87. The number of hydrogen-bond acceptors (Lipinski definition) is 2. The van der Waals surface area contributed by atoms with Gasteiger partial charge in [-0.15, -0.1) is 0 Å². The number of carboxylic acids is 1. The molecule has 0 radical (unpaired) electrons. The molecule has 0 aromatic carbocycles. The number of pyridine rings is 1. The number of aliphatic carboxylic acids is 1. The van der Waals surface area contributed by atoms with Crippen molar-refractivity contribution in [3.63, 3.8) is 0 Å². The van der Waals surface area contributed by atoms with E-state index in [1.54, 1.807) is 0 Å². The van der Waals surface area contributed by atoms with Gasteiger partial charge in [0.1, 0.15) is 0 Å². The summed E-state index contributed by atoms with van der Waals surface area (Å²) in [4.78, 5) is 13.2. The number of alkyl halides is 5. The Labute approximate surface area is 91.9 Å². The molecule has 0 atom stereocenters. The first kappa shape index (κ1) is 13.3. The summed E-state index contributed by atoms with van der Waals surface area (Å²) in [7, 11) is 0. The molecule has 0 amide bonds. The highest BCUT2D eigenvalue weighted by Gasteiger charge is 2.39. The van der Waals surface area contributed by atoms with Crippen LogP contribution >= 0.6 is 0 Å². The van der Waals surface area contributed by atoms with E-state index in [0.29, 0.717) is 12.3 Å². The molecule has 0 aliphatic carbocycles. The van der Waals surface area contributed by atoms with Gasteiger partial charge in [-0.05, 0) is 12.1 Å². The minimum atomic E-state index is -4.61. The van der Waals surface area contributed by atoms with Crippen LogP contribution in [0.5, 0.6) is 0 Å². The van der Waals surface area contributed by atoms with E-state index in [1.807, 2.05) is 0 Å². The largest absolute Gasteiger partial charge is 0.477 e. The summed E-state index contributed by atoms with van der Waals surface area (Å²) >= 11 is 0. The van der Waals surface area contributed by atoms with Gasteiger partial charge >= 0.3 is 18.1 Å². The molecule has 0 spiro atoms. The molecule has 94 valence electrons. The molecule has 1 rings (SSSR count). The standard InChI is InChI=1S/C9H6F5NO2/c10-8(11,7(16)17)3-6-2-1-5(4-15-6)9(12,13)14/h1-2,4H,3H2,(H,16,17). The van der Waals surface area contributed by atoms with Gasteiger partial charge in [0.05, 0.1) is 12.0 Å². The minimum Gasteiger partial charge on any atom is -0.477 e. The minimum absolute atomic E-state index is 0.382. The lowest BCUT2D eigenvalue weighted by atomic mass is 10.1. The molecule has 17 heavy (non-hydrogen) atoms. The number of rotatable bonds is 3. The molecule has 1 N–H and O–H groups in total. The molecule has 0 saturated heterocycles. The van der Waals surface area contributed by atoms with Gasteiger partial charge < -0.3 is 5.11 Å². The van der Waals surface area contributed by atoms with Crippen LogP contribution in [-0.2, 0) is 17.4 Å². The van der Waals surface area contributed by atoms with Crippen molar-refractivity contribution in [1.29, 1.82) is 0 Å². The normalized spacial score (nSPS) is 12.5. The molecular weight excluding hydrogens is 249 g/mol. The summed E-state index contributed by atoms with van der Waals surface area (Å²) in [5.74, 6) is -6.40. The summed E-state index contributed by atoms with van der Waals surface area (Å²) in [5, 5.41) is 8.13. The molecule has 1 heterocycles. The Hall–Kier alpha value is -1.73. The van der Waals surface area contributed by atoms with Gasteiger partial charge in [-0.25, -0.2) is 4.79 Å². The Morgan fingerprint density at radius 3 is 2.18 bits per heavy atom. The van der Waals surface area contributed by atoms with Gasteiger partial charge in [0.15, 0.2) is 0 Å². The lowest BCUT2D eigenvalue weighted by Crippen LogP contribution is -2.31. The van der Waals surface area contributed by atoms with Crippen LogP contribution in [0.3, 0.4) is 0 Å². The van der Waals surface area contributed by atoms with Crippen LogP contribution < -0.4 is 0 Å². The number of carbonyl (C=O) groups is 1. The third-order valence-corrected chi connectivity index (χ3v) is 1.87. The molecule has 3 nitrogen and oxygen atoms in total. The summed E-state index contributed by atoms with van der Waals surface area (Å²) in [6.45, 7) is 0. The second-order valence-corrected chi connectivity index (χ2v) is 3.22. The van der Waals surface area contributed by atoms with Crippen LogP contribution in [0.15, 0.2) is 18.3 Å². The monoisotopic (exact) mass is 255 g/mol. The van der Waals surface area contributed by atoms with Crippen molar-refractivity contribution in [1.82, 2.24) is 4.98 Å². The Bertz CT molecular complexity index is 412. The van der Waals surface area contributed by atoms with Gasteiger partial charge in [0.2, 0.25) is 0 Å². The predicted octanol–water partition coefficient (Wildman–Crippen LogP) is 2.36. The Balaban J connectivity index is 2.86. The zero-order valence-electron chi connectivity index (χ0n) is 8.13. The predicted molar refractivity (Wildman–Crippen MR) is 45.5 cm³/mol. The van der Waals surface area contributed by atoms with Crippen molar-refractivity contribution < 1.29 is 31.9 Å². The fourth-order valence-corrected chi connectivity index (χ4v) is 1.000. The van der Waals surface area contributed by atoms with E-state index in [1.165, 1.54) is 0 Å². The highest BCUT2D eigenvalue weighted by Crippen LogP contribution is 2.29. The fraction of sp³-hybridized carbons (Fsp3) is 0.333. The average Bonchev–Trinajstić information content (AvgIpc) is 2.16. The quantitative estimate of drug-likeness (QED) is 0.843. The molecule has 0 aliphatic rings. The van der Waals surface area contributed by atoms with Gasteiger partial charge in [-0.2, -0.15) is 22.0 Å². The van der Waals surface area contributed by atoms with Crippen molar-refractivity contribution in [3.05, 3.63) is 29.6 Å². The SMILES string of the molecule is O=C(O)C(F)(F)Cc1ccc(C(F)(F)F)cn1. The lowest BCUT2D eigenvalue weighted by Gasteiger charge is -2.11. The lowest BCUT2D eigenvalue weighted by molar-refractivity contribution is -0.164. The maximum Gasteiger partial charge on any atom is 0.417 e. The van der Waals surface area contributed by atoms with Gasteiger partial charge in [-0.3, -0.25) is 4.98 Å². The first-order valence-corrected chi connectivity index (χ1v) is 4.26. The van der Waals surface area contributed by atoms with E-state index in [4.69, 9.17) is 5.11 Å². The maximum absolute atomic E-state index is 12.7. The van der Waals surface area contributed by atoms with Crippen LogP contribution in [0.1, 0.15) is 11.3 Å². The second-order valence-electron chi connectivity index (χ2n) is 3.22. The summed E-state index contributed by atoms with van der Waals surface area (Å²) in [5.41, 5.74) is -1.51. The van der Waals surface area contributed by atoms with E-state index in [-0.39, 0.29) is 0 Å². The van der Waals surface area contributed by atoms with Crippen molar-refractivity contribution in [3.8, 4) is 0 Å². The summed E-state index contributed by atoms with van der Waals surface area (Å²) in [6.07, 6.45) is -5.48. The number of halogens is 5. The average molecular weight is 255 g/mol. The van der Waals surface area contributed by atoms with Gasteiger partial charge in [0, 0.05) is 11.9 Å². The first-order chi connectivity index (χ1) is 7.63. The molecule has 1 aromatic rings. The molecule has 0 unspecified atom stereocenters. The van der Waals surface area contributed by atoms with Crippen molar-refractivity contribution in [2.75, 3.05) is 0 Å². The Kier molecular flexibility index (Phi) is 3.35. The number of hydrogen-bond donors (Lipinski definition) is 1. The highest BCUT2D eigenvalue weighted by atomic mass is 19.4. The topological polar surface area (TPSA) is 50.2 Å². The highest BCUT2D eigenvalue weighted by molar-refractivity contribution is 5.75. The van der Waals surface area contributed by atoms with E-state index in [0.717, 1.165) is 6.07 Å². The fourth-order valence-electron chi connectivity index (χ4n) is 1.000. The smallest absolute Gasteiger partial charge is 0.417 e. The van der Waals surface area contributed by atoms with E-state index in [2.05, 4.69) is 4.98 Å². The van der Waals surface area contributed by atoms with E-state index < -0.39 is 35.7 Å². The zero-order chi connectivity index (χ0) is 13.3. The molecule has 0 bridgehead atoms. The van der Waals surface area contributed by atoms with E-state index in [9.17, 15) is 26.7 Å². The van der Waals surface area contributed by atoms with Crippen molar-refractivity contribution >= 4 is 5.97 Å². The van der Waals surface area contributed by atoms with Crippen LogP contribution in [0.4, 0.5) is 22.0 Å². The van der Waals surface area contributed by atoms with Crippen molar-refractivity contribution in [2.24, 2.45) is 0 Å². The number of aromatic nitrogens is 1. The van der Waals surface area contributed by atoms with Crippen LogP contribution in [0.2, 0.25) is 0 Å². The molecule has 0 saturated carbocycles. The zero-order valence-corrected chi connectivity index (χ0v) is 8.13. The molecule has 0 aliphatic heterocycles. The number of carboxylic acid groups (broad SMARTS) is 1. The van der Waals surface area contributed by atoms with Crippen LogP contribution in [-0.4, -0.2) is 22.0 Å². The summed E-state index contributed by atoms with van der Waals surface area (Å²) in [6, 6.07) is 1.29. The van der Waals surface area contributed by atoms with Crippen LogP contribution in [0, 0.1) is 0 Å². The van der Waals surface area contributed by atoms with E-state index >= 15 is 0 Å². The number of nitrogens with zero attached hydrogens (tertiary/aromatic N) is 1. The molecular formula is C9H6F5NO2.